The van der Waals surface area contributed by atoms with Crippen LogP contribution in [0, 0.1) is 0 Å². The fourth-order valence-corrected chi connectivity index (χ4v) is 1.95. The first kappa shape index (κ1) is 14.6. The molecular formula is C13H17NO3S. The number of esters is 1. The normalized spacial score (nSPS) is 9.89. The fraction of sp³-hybridized carbons (Fsp3) is 0.385. The van der Waals surface area contributed by atoms with Gasteiger partial charge >= 0.3 is 5.97 Å². The van der Waals surface area contributed by atoms with Gasteiger partial charge in [-0.2, -0.15) is 11.8 Å². The van der Waals surface area contributed by atoms with E-state index in [0.717, 1.165) is 11.3 Å². The molecule has 1 N–H and O–H groups in total. The smallest absolute Gasteiger partial charge is 0.325 e. The van der Waals surface area contributed by atoms with E-state index >= 15 is 0 Å². The van der Waals surface area contributed by atoms with E-state index in [1.807, 2.05) is 24.5 Å². The number of hydrogen-bond donors (Lipinski definition) is 1. The quantitative estimate of drug-likeness (QED) is 0.799. The first-order valence-corrected chi connectivity index (χ1v) is 7.08. The minimum Gasteiger partial charge on any atom is -0.465 e. The van der Waals surface area contributed by atoms with Gasteiger partial charge in [0, 0.05) is 11.3 Å². The maximum Gasteiger partial charge on any atom is 0.325 e. The van der Waals surface area contributed by atoms with Crippen LogP contribution in [0.25, 0.3) is 0 Å². The van der Waals surface area contributed by atoms with Gasteiger partial charge in [0.05, 0.1) is 6.61 Å². The highest BCUT2D eigenvalue weighted by molar-refractivity contribution is 7.97. The van der Waals surface area contributed by atoms with Crippen LogP contribution in [0.3, 0.4) is 0 Å². The van der Waals surface area contributed by atoms with Crippen LogP contribution in [-0.2, 0) is 15.3 Å². The highest BCUT2D eigenvalue weighted by Gasteiger charge is 2.08. The summed E-state index contributed by atoms with van der Waals surface area (Å²) in [5.74, 6) is 0.177. The van der Waals surface area contributed by atoms with Gasteiger partial charge in [0.1, 0.15) is 6.54 Å². The molecule has 0 bridgehead atoms. The van der Waals surface area contributed by atoms with Crippen molar-refractivity contribution in [1.29, 1.82) is 0 Å². The Morgan fingerprint density at radius 3 is 2.83 bits per heavy atom. The van der Waals surface area contributed by atoms with Crippen molar-refractivity contribution in [3.8, 4) is 0 Å². The second-order valence-corrected chi connectivity index (χ2v) is 4.49. The monoisotopic (exact) mass is 267 g/mol. The topological polar surface area (TPSA) is 55.4 Å². The van der Waals surface area contributed by atoms with Crippen LogP contribution in [0.5, 0.6) is 0 Å². The zero-order valence-electron chi connectivity index (χ0n) is 10.6. The molecule has 0 aliphatic rings. The van der Waals surface area contributed by atoms with E-state index in [0.29, 0.717) is 12.2 Å². The van der Waals surface area contributed by atoms with Gasteiger partial charge in [0.15, 0.2) is 0 Å². The molecular weight excluding hydrogens is 250 g/mol. The van der Waals surface area contributed by atoms with E-state index in [9.17, 15) is 9.59 Å². The molecule has 0 saturated carbocycles. The van der Waals surface area contributed by atoms with E-state index < -0.39 is 5.97 Å². The lowest BCUT2D eigenvalue weighted by molar-refractivity contribution is -0.141. The van der Waals surface area contributed by atoms with Crippen molar-refractivity contribution in [2.45, 2.75) is 12.7 Å². The SMILES string of the molecule is CCOC(=O)CNC(=O)c1cccc(CSC)c1. The molecule has 0 unspecified atom stereocenters. The molecule has 18 heavy (non-hydrogen) atoms. The van der Waals surface area contributed by atoms with E-state index in [-0.39, 0.29) is 12.5 Å². The molecule has 0 radical (unpaired) electrons. The predicted molar refractivity (Wildman–Crippen MR) is 72.6 cm³/mol. The van der Waals surface area contributed by atoms with E-state index in [1.165, 1.54) is 0 Å². The van der Waals surface area contributed by atoms with Crippen LogP contribution >= 0.6 is 11.8 Å². The summed E-state index contributed by atoms with van der Waals surface area (Å²) in [6, 6.07) is 7.37. The molecule has 1 amide bonds. The predicted octanol–water partition coefficient (Wildman–Crippen LogP) is 1.84. The Kier molecular flexibility index (Phi) is 6.28. The van der Waals surface area contributed by atoms with Gasteiger partial charge in [0.25, 0.3) is 5.91 Å². The molecule has 0 spiro atoms. The number of rotatable bonds is 6. The van der Waals surface area contributed by atoms with Crippen LogP contribution in [0.4, 0.5) is 0 Å². The van der Waals surface area contributed by atoms with Crippen LogP contribution in [0.2, 0.25) is 0 Å². The average molecular weight is 267 g/mol. The Morgan fingerprint density at radius 1 is 1.39 bits per heavy atom. The van der Waals surface area contributed by atoms with E-state index in [4.69, 9.17) is 4.74 Å². The lowest BCUT2D eigenvalue weighted by atomic mass is 10.1. The summed E-state index contributed by atoms with van der Waals surface area (Å²) < 4.78 is 4.73. The fourth-order valence-electron chi connectivity index (χ4n) is 1.44. The summed E-state index contributed by atoms with van der Waals surface area (Å²) in [6.07, 6.45) is 2.01. The summed E-state index contributed by atoms with van der Waals surface area (Å²) in [4.78, 5) is 22.9. The zero-order chi connectivity index (χ0) is 13.4. The minimum absolute atomic E-state index is 0.0978. The number of amides is 1. The summed E-state index contributed by atoms with van der Waals surface area (Å²) in [5.41, 5.74) is 1.65. The molecule has 4 nitrogen and oxygen atoms in total. The first-order chi connectivity index (χ1) is 8.67. The molecule has 0 atom stereocenters. The van der Waals surface area contributed by atoms with Gasteiger partial charge in [0.2, 0.25) is 0 Å². The van der Waals surface area contributed by atoms with E-state index in [2.05, 4.69) is 5.32 Å². The number of nitrogens with one attached hydrogen (secondary N) is 1. The lowest BCUT2D eigenvalue weighted by Gasteiger charge is -2.06. The zero-order valence-corrected chi connectivity index (χ0v) is 11.4. The third kappa shape index (κ3) is 4.79. The molecule has 0 saturated heterocycles. The summed E-state index contributed by atoms with van der Waals surface area (Å²) in [5, 5.41) is 2.53. The number of carbonyl (C=O) groups is 2. The van der Waals surface area contributed by atoms with Gasteiger partial charge in [-0.15, -0.1) is 0 Å². The third-order valence-corrected chi connectivity index (χ3v) is 2.82. The third-order valence-electron chi connectivity index (χ3n) is 2.20. The molecule has 1 rings (SSSR count). The molecule has 1 aromatic carbocycles. The largest absolute Gasteiger partial charge is 0.465 e. The lowest BCUT2D eigenvalue weighted by Crippen LogP contribution is -2.30. The number of carbonyl (C=O) groups excluding carboxylic acids is 2. The van der Waals surface area contributed by atoms with Gasteiger partial charge < -0.3 is 10.1 Å². The van der Waals surface area contributed by atoms with Crippen LogP contribution in [0.1, 0.15) is 22.8 Å². The van der Waals surface area contributed by atoms with Crippen molar-refractivity contribution in [1.82, 2.24) is 5.32 Å². The van der Waals surface area contributed by atoms with Crippen molar-refractivity contribution in [3.05, 3.63) is 35.4 Å². The number of benzene rings is 1. The Balaban J connectivity index is 2.55. The molecule has 0 aliphatic carbocycles. The summed E-state index contributed by atoms with van der Waals surface area (Å²) in [7, 11) is 0. The average Bonchev–Trinajstić information content (AvgIpc) is 2.37. The highest BCUT2D eigenvalue weighted by Crippen LogP contribution is 2.11. The van der Waals surface area contributed by atoms with Gasteiger partial charge in [-0.25, -0.2) is 0 Å². The Bertz CT molecular complexity index is 420. The Morgan fingerprint density at radius 2 is 2.17 bits per heavy atom. The standard InChI is InChI=1S/C13H17NO3S/c1-3-17-12(15)8-14-13(16)11-6-4-5-10(7-11)9-18-2/h4-7H,3,8-9H2,1-2H3,(H,14,16). The van der Waals surface area contributed by atoms with Gasteiger partial charge in [-0.3, -0.25) is 9.59 Å². The van der Waals surface area contributed by atoms with Crippen LogP contribution in [0.15, 0.2) is 24.3 Å². The molecule has 0 fully saturated rings. The van der Waals surface area contributed by atoms with Crippen molar-refractivity contribution < 1.29 is 14.3 Å². The summed E-state index contributed by atoms with van der Waals surface area (Å²) in [6.45, 7) is 1.95. The molecule has 98 valence electrons. The van der Waals surface area contributed by atoms with E-state index in [1.54, 1.807) is 24.8 Å². The number of hydrogen-bond acceptors (Lipinski definition) is 4. The van der Waals surface area contributed by atoms with Crippen molar-refractivity contribution in [2.75, 3.05) is 19.4 Å². The maximum absolute atomic E-state index is 11.8. The highest BCUT2D eigenvalue weighted by atomic mass is 32.2. The Labute approximate surface area is 111 Å². The molecule has 0 aliphatic heterocycles. The maximum atomic E-state index is 11.8. The van der Waals surface area contributed by atoms with Crippen molar-refractivity contribution in [3.63, 3.8) is 0 Å². The first-order valence-electron chi connectivity index (χ1n) is 5.69. The second kappa shape index (κ2) is 7.76. The number of thioether (sulfide) groups is 1. The number of ether oxygens (including phenoxy) is 1. The Hall–Kier alpha value is -1.49. The molecule has 0 heterocycles. The minimum atomic E-state index is -0.425. The molecule has 1 aromatic rings. The molecule has 0 aromatic heterocycles. The van der Waals surface area contributed by atoms with Crippen LogP contribution < -0.4 is 5.32 Å². The van der Waals surface area contributed by atoms with Crippen molar-refractivity contribution >= 4 is 23.6 Å². The van der Waals surface area contributed by atoms with Gasteiger partial charge in [-0.1, -0.05) is 12.1 Å². The van der Waals surface area contributed by atoms with Crippen LogP contribution in [-0.4, -0.2) is 31.3 Å². The van der Waals surface area contributed by atoms with Crippen molar-refractivity contribution in [2.24, 2.45) is 0 Å². The molecule has 5 heteroatoms. The van der Waals surface area contributed by atoms with Gasteiger partial charge in [-0.05, 0) is 30.9 Å². The second-order valence-electron chi connectivity index (χ2n) is 3.62. The summed E-state index contributed by atoms with van der Waals surface area (Å²) >= 11 is 1.69.